The molecule has 35 heavy (non-hydrogen) atoms. The van der Waals surface area contributed by atoms with Crippen LogP contribution in [0.5, 0.6) is 5.75 Å². The van der Waals surface area contributed by atoms with Crippen LogP contribution in [0.1, 0.15) is 44.9 Å². The molecular formula is C24H19N7O3S. The molecule has 3 heterocycles. The second-order valence-electron chi connectivity index (χ2n) is 8.00. The van der Waals surface area contributed by atoms with Gasteiger partial charge in [0, 0.05) is 29.1 Å². The molecule has 0 atom stereocenters. The molecule has 2 N–H and O–H groups in total. The van der Waals surface area contributed by atoms with E-state index in [1.165, 1.54) is 19.5 Å². The Morgan fingerprint density at radius 1 is 1.11 bits per heavy atom. The predicted octanol–water partition coefficient (Wildman–Crippen LogP) is 3.48. The Morgan fingerprint density at radius 3 is 2.69 bits per heavy atom. The first-order valence-corrected chi connectivity index (χ1v) is 11.6. The van der Waals surface area contributed by atoms with Gasteiger partial charge in [-0.2, -0.15) is 10.2 Å². The van der Waals surface area contributed by atoms with Gasteiger partial charge < -0.3 is 10.1 Å². The number of hydrogen-bond acceptors (Lipinski definition) is 9. The summed E-state index contributed by atoms with van der Waals surface area (Å²) in [6.07, 6.45) is 4.80. The molecule has 1 aliphatic rings. The van der Waals surface area contributed by atoms with Gasteiger partial charge in [0.25, 0.3) is 11.8 Å². The summed E-state index contributed by atoms with van der Waals surface area (Å²) in [5.41, 5.74) is 3.13. The van der Waals surface area contributed by atoms with Gasteiger partial charge in [-0.05, 0) is 44.0 Å². The number of fused-ring (bicyclic) bond motifs is 1. The van der Waals surface area contributed by atoms with Crippen LogP contribution in [0.3, 0.4) is 0 Å². The van der Waals surface area contributed by atoms with Gasteiger partial charge in [0.05, 0.1) is 30.5 Å². The summed E-state index contributed by atoms with van der Waals surface area (Å²) in [6, 6.07) is 9.09. The lowest BCUT2D eigenvalue weighted by molar-refractivity contribution is 0.0945. The van der Waals surface area contributed by atoms with Crippen LogP contribution in [0.2, 0.25) is 0 Å². The second-order valence-corrected chi connectivity index (χ2v) is 8.98. The number of aryl methyl sites for hydroxylation is 1. The van der Waals surface area contributed by atoms with Crippen molar-refractivity contribution in [3.05, 3.63) is 59.2 Å². The van der Waals surface area contributed by atoms with Gasteiger partial charge in [0.2, 0.25) is 0 Å². The summed E-state index contributed by atoms with van der Waals surface area (Å²) < 4.78 is 5.47. The van der Waals surface area contributed by atoms with E-state index in [0.717, 1.165) is 24.2 Å². The number of carbonyl (C=O) groups excluding carboxylic acids is 2. The van der Waals surface area contributed by atoms with E-state index >= 15 is 0 Å². The minimum Gasteiger partial charge on any atom is -0.496 e. The molecule has 0 unspecified atom stereocenters. The fourth-order valence-electron chi connectivity index (χ4n) is 3.49. The van der Waals surface area contributed by atoms with Crippen molar-refractivity contribution in [2.45, 2.75) is 25.8 Å². The van der Waals surface area contributed by atoms with E-state index in [4.69, 9.17) is 4.74 Å². The second kappa shape index (κ2) is 9.08. The fraction of sp³-hybridized carbons (Fsp3) is 0.208. The van der Waals surface area contributed by atoms with Crippen molar-refractivity contribution < 1.29 is 14.3 Å². The number of methoxy groups -OCH3 is 1. The molecule has 1 aromatic carbocycles. The lowest BCUT2D eigenvalue weighted by Gasteiger charge is -2.13. The highest BCUT2D eigenvalue weighted by Crippen LogP contribution is 2.34. The minimum atomic E-state index is -0.442. The number of nitrogens with one attached hydrogen (secondary N) is 2. The number of benzene rings is 1. The number of thiazole rings is 1. The van der Waals surface area contributed by atoms with Gasteiger partial charge in [0.1, 0.15) is 11.4 Å². The smallest absolute Gasteiger partial charge is 0.271 e. The van der Waals surface area contributed by atoms with E-state index in [9.17, 15) is 14.9 Å². The number of pyridine rings is 1. The highest BCUT2D eigenvalue weighted by molar-refractivity contribution is 7.21. The number of rotatable bonds is 6. The first-order chi connectivity index (χ1) is 16.9. The summed E-state index contributed by atoms with van der Waals surface area (Å²) in [7, 11) is 1.53. The van der Waals surface area contributed by atoms with Crippen molar-refractivity contribution in [2.24, 2.45) is 0 Å². The third kappa shape index (κ3) is 4.64. The molecule has 0 radical (unpaired) electrons. The Labute approximate surface area is 204 Å². The number of hydrogen-bond donors (Lipinski definition) is 2. The first kappa shape index (κ1) is 22.4. The van der Waals surface area contributed by atoms with Crippen LogP contribution in [0, 0.1) is 18.3 Å². The molecule has 4 aromatic rings. The Hall–Kier alpha value is -4.43. The number of ether oxygens (including phenoxy) is 1. The molecule has 0 saturated heterocycles. The van der Waals surface area contributed by atoms with E-state index in [0.29, 0.717) is 38.6 Å². The highest BCUT2D eigenvalue weighted by atomic mass is 32.1. The molecule has 1 fully saturated rings. The molecule has 10 nitrogen and oxygen atoms in total. The zero-order chi connectivity index (χ0) is 24.5. The van der Waals surface area contributed by atoms with Gasteiger partial charge in [0.15, 0.2) is 15.6 Å². The van der Waals surface area contributed by atoms with Gasteiger partial charge in [-0.1, -0.05) is 11.3 Å². The predicted molar refractivity (Wildman–Crippen MR) is 129 cm³/mol. The molecule has 0 aliphatic heterocycles. The largest absolute Gasteiger partial charge is 0.496 e. The lowest BCUT2D eigenvalue weighted by atomic mass is 9.97. The van der Waals surface area contributed by atoms with Crippen molar-refractivity contribution in [2.75, 3.05) is 12.4 Å². The SMILES string of the molecule is COc1ccc(C#N)cc1-c1cc(C)ncc1C(=O)Nc1nc2ncc(C(=O)NC3CC3)nc2s1. The standard InChI is InChI=1S/C24H19N7O3S/c1-12-7-15(16-8-13(9-25)3-6-19(16)34-2)17(10-26-12)21(32)31-24-30-20-23(35-24)29-18(11-27-20)22(33)28-14-4-5-14/h3,6-8,10-11,14H,4-5H2,1-2H3,(H,28,33)(H,27,30,31,32). The molecule has 0 bridgehead atoms. The van der Waals surface area contributed by atoms with Crippen molar-refractivity contribution in [1.29, 1.82) is 5.26 Å². The van der Waals surface area contributed by atoms with E-state index in [1.807, 2.05) is 6.92 Å². The topological polar surface area (TPSA) is 143 Å². The third-order valence-electron chi connectivity index (χ3n) is 5.39. The van der Waals surface area contributed by atoms with Crippen molar-refractivity contribution in [1.82, 2.24) is 25.3 Å². The Balaban J connectivity index is 1.46. The molecular weight excluding hydrogens is 466 g/mol. The van der Waals surface area contributed by atoms with E-state index < -0.39 is 5.91 Å². The monoisotopic (exact) mass is 485 g/mol. The maximum Gasteiger partial charge on any atom is 0.271 e. The zero-order valence-corrected chi connectivity index (χ0v) is 19.6. The molecule has 1 saturated carbocycles. The average molecular weight is 486 g/mol. The van der Waals surface area contributed by atoms with Gasteiger partial charge >= 0.3 is 0 Å². The van der Waals surface area contributed by atoms with Crippen LogP contribution in [-0.2, 0) is 0 Å². The van der Waals surface area contributed by atoms with Crippen molar-refractivity contribution >= 4 is 38.8 Å². The molecule has 0 spiro atoms. The van der Waals surface area contributed by atoms with Gasteiger partial charge in [-0.25, -0.2) is 9.97 Å². The van der Waals surface area contributed by atoms with Crippen LogP contribution in [0.4, 0.5) is 5.13 Å². The summed E-state index contributed by atoms with van der Waals surface area (Å²) in [6.45, 7) is 1.81. The maximum atomic E-state index is 13.3. The van der Waals surface area contributed by atoms with Crippen LogP contribution >= 0.6 is 11.3 Å². The average Bonchev–Trinajstić information content (AvgIpc) is 3.59. The van der Waals surface area contributed by atoms with E-state index in [2.05, 4.69) is 36.6 Å². The van der Waals surface area contributed by atoms with Crippen LogP contribution < -0.4 is 15.4 Å². The van der Waals surface area contributed by atoms with Crippen LogP contribution in [0.25, 0.3) is 21.6 Å². The number of aromatic nitrogens is 4. The van der Waals surface area contributed by atoms with Gasteiger partial charge in [-0.3, -0.25) is 19.9 Å². The quantitative estimate of drug-likeness (QED) is 0.423. The molecule has 2 amide bonds. The minimum absolute atomic E-state index is 0.209. The first-order valence-electron chi connectivity index (χ1n) is 10.8. The summed E-state index contributed by atoms with van der Waals surface area (Å²) in [5.74, 6) is -0.193. The molecule has 3 aromatic heterocycles. The van der Waals surface area contributed by atoms with Crippen molar-refractivity contribution in [3.63, 3.8) is 0 Å². The third-order valence-corrected chi connectivity index (χ3v) is 6.25. The highest BCUT2D eigenvalue weighted by Gasteiger charge is 2.25. The molecule has 1 aliphatic carbocycles. The summed E-state index contributed by atoms with van der Waals surface area (Å²) >= 11 is 1.12. The number of anilines is 1. The van der Waals surface area contributed by atoms with E-state index in [-0.39, 0.29) is 28.3 Å². The number of amides is 2. The molecule has 5 rings (SSSR count). The van der Waals surface area contributed by atoms with Crippen molar-refractivity contribution in [3.8, 4) is 22.9 Å². The van der Waals surface area contributed by atoms with Crippen LogP contribution in [-0.4, -0.2) is 44.9 Å². The fourth-order valence-corrected chi connectivity index (χ4v) is 4.28. The van der Waals surface area contributed by atoms with Gasteiger partial charge in [-0.15, -0.1) is 0 Å². The number of nitrogens with zero attached hydrogens (tertiary/aromatic N) is 5. The Kier molecular flexibility index (Phi) is 5.80. The Morgan fingerprint density at radius 2 is 1.94 bits per heavy atom. The summed E-state index contributed by atoms with van der Waals surface area (Å²) in [5, 5.41) is 15.3. The zero-order valence-electron chi connectivity index (χ0n) is 18.8. The Bertz CT molecular complexity index is 1520. The molecule has 11 heteroatoms. The molecule has 174 valence electrons. The summed E-state index contributed by atoms with van der Waals surface area (Å²) in [4.78, 5) is 43.1. The normalized spacial score (nSPS) is 12.7. The maximum absolute atomic E-state index is 13.3. The number of carbonyl (C=O) groups is 2. The number of nitriles is 1. The van der Waals surface area contributed by atoms with Crippen LogP contribution in [0.15, 0.2) is 36.7 Å². The van der Waals surface area contributed by atoms with E-state index in [1.54, 1.807) is 24.3 Å². The lowest BCUT2D eigenvalue weighted by Crippen LogP contribution is -2.26.